The molecule has 2 rings (SSSR count). The van der Waals surface area contributed by atoms with E-state index in [0.717, 1.165) is 30.8 Å². The zero-order chi connectivity index (χ0) is 15.2. The van der Waals surface area contributed by atoms with E-state index in [9.17, 15) is 0 Å². The Morgan fingerprint density at radius 1 is 1.10 bits per heavy atom. The molecule has 0 heterocycles. The van der Waals surface area contributed by atoms with Crippen molar-refractivity contribution >= 4 is 23.2 Å². The van der Waals surface area contributed by atoms with Gasteiger partial charge in [-0.05, 0) is 49.2 Å². The van der Waals surface area contributed by atoms with Crippen LogP contribution < -0.4 is 10.1 Å². The highest BCUT2D eigenvalue weighted by molar-refractivity contribution is 6.42. The highest BCUT2D eigenvalue weighted by atomic mass is 35.5. The van der Waals surface area contributed by atoms with Gasteiger partial charge in [-0.2, -0.15) is 0 Å². The largest absolute Gasteiger partial charge is 0.455 e. The summed E-state index contributed by atoms with van der Waals surface area (Å²) in [5.41, 5.74) is 2.31. The van der Waals surface area contributed by atoms with Gasteiger partial charge < -0.3 is 10.1 Å². The Morgan fingerprint density at radius 3 is 2.62 bits per heavy atom. The smallest absolute Gasteiger partial charge is 0.147 e. The van der Waals surface area contributed by atoms with Gasteiger partial charge in [0.05, 0.1) is 5.02 Å². The lowest BCUT2D eigenvalue weighted by atomic mass is 10.1. The maximum absolute atomic E-state index is 6.14. The molecule has 0 aliphatic carbocycles. The van der Waals surface area contributed by atoms with Crippen LogP contribution in [0.25, 0.3) is 0 Å². The lowest BCUT2D eigenvalue weighted by Crippen LogP contribution is -2.13. The molecule has 0 radical (unpaired) electrons. The van der Waals surface area contributed by atoms with Crippen molar-refractivity contribution in [3.63, 3.8) is 0 Å². The molecule has 21 heavy (non-hydrogen) atoms. The SMILES string of the molecule is CCCNCc1ccc(Oc2cccc(Cl)c2Cl)c(C)c1. The van der Waals surface area contributed by atoms with E-state index in [1.807, 2.05) is 25.1 Å². The van der Waals surface area contributed by atoms with E-state index in [1.54, 1.807) is 6.07 Å². The quantitative estimate of drug-likeness (QED) is 0.699. The van der Waals surface area contributed by atoms with Crippen molar-refractivity contribution in [1.82, 2.24) is 5.32 Å². The third-order valence-electron chi connectivity index (χ3n) is 3.13. The number of halogens is 2. The van der Waals surface area contributed by atoms with Crippen LogP contribution in [0.1, 0.15) is 24.5 Å². The van der Waals surface area contributed by atoms with Gasteiger partial charge in [-0.25, -0.2) is 0 Å². The molecule has 0 fully saturated rings. The van der Waals surface area contributed by atoms with Crippen molar-refractivity contribution in [3.8, 4) is 11.5 Å². The number of hydrogen-bond acceptors (Lipinski definition) is 2. The second kappa shape index (κ2) is 7.69. The Bertz CT molecular complexity index is 614. The monoisotopic (exact) mass is 323 g/mol. The zero-order valence-electron chi connectivity index (χ0n) is 12.2. The number of aryl methyl sites for hydroxylation is 1. The van der Waals surface area contributed by atoms with Crippen molar-refractivity contribution < 1.29 is 4.74 Å². The van der Waals surface area contributed by atoms with Crippen LogP contribution in [-0.2, 0) is 6.54 Å². The van der Waals surface area contributed by atoms with E-state index < -0.39 is 0 Å². The van der Waals surface area contributed by atoms with E-state index in [0.29, 0.717) is 15.8 Å². The Balaban J connectivity index is 2.12. The molecule has 0 aliphatic heterocycles. The summed E-state index contributed by atoms with van der Waals surface area (Å²) in [6.07, 6.45) is 1.13. The minimum Gasteiger partial charge on any atom is -0.455 e. The van der Waals surface area contributed by atoms with Crippen molar-refractivity contribution in [1.29, 1.82) is 0 Å². The second-order valence-corrected chi connectivity index (χ2v) is 5.72. The molecule has 0 aromatic heterocycles. The van der Waals surface area contributed by atoms with Crippen LogP contribution in [0, 0.1) is 6.92 Å². The van der Waals surface area contributed by atoms with E-state index in [1.165, 1.54) is 5.56 Å². The third kappa shape index (κ3) is 4.37. The topological polar surface area (TPSA) is 21.3 Å². The lowest BCUT2D eigenvalue weighted by molar-refractivity contribution is 0.479. The second-order valence-electron chi connectivity index (χ2n) is 4.93. The summed E-state index contributed by atoms with van der Waals surface area (Å²) in [7, 11) is 0. The van der Waals surface area contributed by atoms with Crippen LogP contribution in [0.3, 0.4) is 0 Å². The van der Waals surface area contributed by atoms with Gasteiger partial charge in [-0.3, -0.25) is 0 Å². The first-order valence-electron chi connectivity index (χ1n) is 7.04. The first-order valence-corrected chi connectivity index (χ1v) is 7.79. The Kier molecular flexibility index (Phi) is 5.92. The average molecular weight is 324 g/mol. The summed E-state index contributed by atoms with van der Waals surface area (Å²) < 4.78 is 5.86. The van der Waals surface area contributed by atoms with Crippen LogP contribution in [-0.4, -0.2) is 6.54 Å². The van der Waals surface area contributed by atoms with Gasteiger partial charge in [0.25, 0.3) is 0 Å². The molecule has 2 nitrogen and oxygen atoms in total. The molecule has 0 unspecified atom stereocenters. The highest BCUT2D eigenvalue weighted by Gasteiger charge is 2.08. The van der Waals surface area contributed by atoms with Crippen molar-refractivity contribution in [2.45, 2.75) is 26.8 Å². The molecule has 2 aromatic rings. The van der Waals surface area contributed by atoms with Gasteiger partial charge in [0.15, 0.2) is 0 Å². The first-order chi connectivity index (χ1) is 10.1. The van der Waals surface area contributed by atoms with Crippen LogP contribution in [0.2, 0.25) is 10.0 Å². The number of hydrogen-bond donors (Lipinski definition) is 1. The van der Waals surface area contributed by atoms with E-state index in [-0.39, 0.29) is 0 Å². The van der Waals surface area contributed by atoms with Crippen LogP contribution in [0.4, 0.5) is 0 Å². The molecule has 0 spiro atoms. The minimum atomic E-state index is 0.437. The Hall–Kier alpha value is -1.22. The van der Waals surface area contributed by atoms with Gasteiger partial charge in [-0.15, -0.1) is 0 Å². The van der Waals surface area contributed by atoms with Gasteiger partial charge in [0, 0.05) is 6.54 Å². The maximum atomic E-state index is 6.14. The maximum Gasteiger partial charge on any atom is 0.147 e. The molecular formula is C17H19Cl2NO. The van der Waals surface area contributed by atoms with Crippen LogP contribution >= 0.6 is 23.2 Å². The highest BCUT2D eigenvalue weighted by Crippen LogP contribution is 2.35. The van der Waals surface area contributed by atoms with E-state index >= 15 is 0 Å². The number of ether oxygens (including phenoxy) is 1. The van der Waals surface area contributed by atoms with Gasteiger partial charge in [0.2, 0.25) is 0 Å². The molecule has 0 atom stereocenters. The fourth-order valence-electron chi connectivity index (χ4n) is 2.03. The molecule has 0 aliphatic rings. The number of benzene rings is 2. The summed E-state index contributed by atoms with van der Waals surface area (Å²) in [6.45, 7) is 6.07. The minimum absolute atomic E-state index is 0.437. The van der Waals surface area contributed by atoms with Crippen molar-refractivity contribution in [2.75, 3.05) is 6.54 Å². The van der Waals surface area contributed by atoms with E-state index in [4.69, 9.17) is 27.9 Å². The molecule has 112 valence electrons. The van der Waals surface area contributed by atoms with Crippen LogP contribution in [0.15, 0.2) is 36.4 Å². The van der Waals surface area contributed by atoms with Gasteiger partial charge in [-0.1, -0.05) is 48.3 Å². The third-order valence-corrected chi connectivity index (χ3v) is 3.93. The fraction of sp³-hybridized carbons (Fsp3) is 0.294. The summed E-state index contributed by atoms with van der Waals surface area (Å²) >= 11 is 12.1. The lowest BCUT2D eigenvalue weighted by Gasteiger charge is -2.12. The summed E-state index contributed by atoms with van der Waals surface area (Å²) in [4.78, 5) is 0. The molecule has 0 amide bonds. The Labute approximate surface area is 136 Å². The molecule has 2 aromatic carbocycles. The fourth-order valence-corrected chi connectivity index (χ4v) is 2.36. The molecule has 4 heteroatoms. The predicted molar refractivity (Wildman–Crippen MR) is 89.7 cm³/mol. The average Bonchev–Trinajstić information content (AvgIpc) is 2.47. The van der Waals surface area contributed by atoms with Crippen LogP contribution in [0.5, 0.6) is 11.5 Å². The summed E-state index contributed by atoms with van der Waals surface area (Å²) in [5, 5.41) is 4.31. The Morgan fingerprint density at radius 2 is 1.90 bits per heavy atom. The summed E-state index contributed by atoms with van der Waals surface area (Å²) in [6, 6.07) is 11.5. The summed E-state index contributed by atoms with van der Waals surface area (Å²) in [5.74, 6) is 1.36. The molecule has 0 bridgehead atoms. The van der Waals surface area contributed by atoms with Gasteiger partial charge >= 0.3 is 0 Å². The molecule has 0 saturated carbocycles. The molecule has 1 N–H and O–H groups in total. The number of rotatable bonds is 6. The van der Waals surface area contributed by atoms with Crippen molar-refractivity contribution in [2.24, 2.45) is 0 Å². The van der Waals surface area contributed by atoms with Crippen molar-refractivity contribution in [3.05, 3.63) is 57.6 Å². The normalized spacial score (nSPS) is 10.7. The first kappa shape index (κ1) is 16.2. The molecular weight excluding hydrogens is 305 g/mol. The standard InChI is InChI=1S/C17H19Cl2NO/c1-3-9-20-11-13-7-8-15(12(2)10-13)21-16-6-4-5-14(18)17(16)19/h4-8,10,20H,3,9,11H2,1-2H3. The van der Waals surface area contributed by atoms with Gasteiger partial charge in [0.1, 0.15) is 16.5 Å². The van der Waals surface area contributed by atoms with E-state index in [2.05, 4.69) is 24.4 Å². The predicted octanol–water partition coefficient (Wildman–Crippen LogP) is 5.59. The zero-order valence-corrected chi connectivity index (χ0v) is 13.8. The number of nitrogens with one attached hydrogen (secondary N) is 1. The molecule has 0 saturated heterocycles.